The normalized spacial score (nSPS) is 22.8. The van der Waals surface area contributed by atoms with Crippen molar-refractivity contribution in [3.05, 3.63) is 54.1 Å². The molecule has 0 spiro atoms. The second-order valence-electron chi connectivity index (χ2n) is 6.17. The van der Waals surface area contributed by atoms with E-state index in [1.54, 1.807) is 0 Å². The predicted molar refractivity (Wildman–Crippen MR) is 87.6 cm³/mol. The highest BCUT2D eigenvalue weighted by Gasteiger charge is 2.31. The number of piperidine rings is 1. The van der Waals surface area contributed by atoms with E-state index in [-0.39, 0.29) is 0 Å². The molecule has 4 nitrogen and oxygen atoms in total. The number of imidazole rings is 1. The summed E-state index contributed by atoms with van der Waals surface area (Å²) in [6.07, 6.45) is 7.66. The largest absolute Gasteiger partial charge is 0.380 e. The molecule has 0 saturated carbocycles. The average Bonchev–Trinajstić information content (AvgIpc) is 2.95. The van der Waals surface area contributed by atoms with E-state index in [1.165, 1.54) is 12.0 Å². The Morgan fingerprint density at radius 1 is 1.27 bits per heavy atom. The van der Waals surface area contributed by atoms with Crippen LogP contribution in [-0.4, -0.2) is 40.3 Å². The maximum absolute atomic E-state index is 5.78. The van der Waals surface area contributed by atoms with Gasteiger partial charge < -0.3 is 9.30 Å². The van der Waals surface area contributed by atoms with Crippen molar-refractivity contribution in [1.82, 2.24) is 14.5 Å². The van der Waals surface area contributed by atoms with Crippen LogP contribution in [0.15, 0.2) is 42.9 Å². The molecule has 1 aromatic heterocycles. The Labute approximate surface area is 132 Å². The Hall–Kier alpha value is -1.65. The molecule has 1 aromatic carbocycles. The summed E-state index contributed by atoms with van der Waals surface area (Å²) in [5, 5.41) is 0. The molecule has 2 atom stereocenters. The van der Waals surface area contributed by atoms with Crippen LogP contribution in [0, 0.1) is 0 Å². The number of ether oxygens (including phenoxy) is 1. The molecule has 1 aliphatic rings. The molecule has 22 heavy (non-hydrogen) atoms. The van der Waals surface area contributed by atoms with Crippen molar-refractivity contribution in [2.45, 2.75) is 38.0 Å². The van der Waals surface area contributed by atoms with E-state index in [4.69, 9.17) is 4.74 Å². The molecule has 1 saturated heterocycles. The van der Waals surface area contributed by atoms with Gasteiger partial charge in [0.05, 0.1) is 18.1 Å². The Balaban J connectivity index is 1.76. The summed E-state index contributed by atoms with van der Waals surface area (Å²) >= 11 is 0. The number of methoxy groups -OCH3 is 1. The van der Waals surface area contributed by atoms with Crippen LogP contribution >= 0.6 is 0 Å². The van der Waals surface area contributed by atoms with Crippen LogP contribution in [0.25, 0.3) is 0 Å². The molecule has 0 bridgehead atoms. The van der Waals surface area contributed by atoms with E-state index in [1.807, 2.05) is 25.1 Å². The highest BCUT2D eigenvalue weighted by Crippen LogP contribution is 2.24. The van der Waals surface area contributed by atoms with Crippen molar-refractivity contribution in [1.29, 1.82) is 0 Å². The molecular weight excluding hydrogens is 274 g/mol. The van der Waals surface area contributed by atoms with E-state index in [9.17, 15) is 0 Å². The van der Waals surface area contributed by atoms with Crippen molar-refractivity contribution >= 4 is 0 Å². The fraction of sp³-hybridized carbons (Fsp3) is 0.500. The second kappa shape index (κ2) is 7.07. The van der Waals surface area contributed by atoms with Crippen LogP contribution in [0.3, 0.4) is 0 Å². The van der Waals surface area contributed by atoms with Gasteiger partial charge in [0.1, 0.15) is 0 Å². The minimum atomic E-state index is 0.303. The molecule has 3 rings (SSSR count). The first-order valence-corrected chi connectivity index (χ1v) is 8.04. The van der Waals surface area contributed by atoms with Crippen LogP contribution in [-0.2, 0) is 24.8 Å². The topological polar surface area (TPSA) is 30.3 Å². The van der Waals surface area contributed by atoms with Gasteiger partial charge in [-0.3, -0.25) is 4.90 Å². The Bertz CT molecular complexity index is 581. The number of hydrogen-bond donors (Lipinski definition) is 0. The summed E-state index contributed by atoms with van der Waals surface area (Å²) in [5.74, 6) is 0. The Kier molecular flexibility index (Phi) is 4.90. The van der Waals surface area contributed by atoms with E-state index >= 15 is 0 Å². The molecule has 1 fully saturated rings. The smallest absolute Gasteiger partial charge is 0.0947 e. The first-order valence-electron chi connectivity index (χ1n) is 8.04. The van der Waals surface area contributed by atoms with Crippen molar-refractivity contribution in [3.8, 4) is 0 Å². The van der Waals surface area contributed by atoms with Crippen LogP contribution in [0.2, 0.25) is 0 Å². The zero-order valence-corrected chi connectivity index (χ0v) is 13.5. The lowest BCUT2D eigenvalue weighted by molar-refractivity contribution is -0.0222. The number of rotatable bonds is 5. The first-order chi connectivity index (χ1) is 10.8. The summed E-state index contributed by atoms with van der Waals surface area (Å²) in [5.41, 5.74) is 2.51. The number of hydrogen-bond acceptors (Lipinski definition) is 3. The molecule has 0 aliphatic carbocycles. The SMILES string of the molecule is CO[C@H]1CCCN(Cc2cn(C)cn2)[C@H]1Cc1ccccc1. The summed E-state index contributed by atoms with van der Waals surface area (Å²) < 4.78 is 7.80. The summed E-state index contributed by atoms with van der Waals surface area (Å²) in [4.78, 5) is 7.02. The fourth-order valence-electron chi connectivity index (χ4n) is 3.43. The molecule has 118 valence electrons. The van der Waals surface area contributed by atoms with E-state index in [0.29, 0.717) is 12.1 Å². The molecule has 0 amide bonds. The zero-order chi connectivity index (χ0) is 15.4. The van der Waals surface area contributed by atoms with Crippen molar-refractivity contribution in [3.63, 3.8) is 0 Å². The van der Waals surface area contributed by atoms with E-state index in [0.717, 1.165) is 31.6 Å². The van der Waals surface area contributed by atoms with Crippen molar-refractivity contribution in [2.24, 2.45) is 7.05 Å². The summed E-state index contributed by atoms with van der Waals surface area (Å²) in [7, 11) is 3.86. The van der Waals surface area contributed by atoms with Gasteiger partial charge in [0, 0.05) is 32.9 Å². The maximum atomic E-state index is 5.78. The maximum Gasteiger partial charge on any atom is 0.0947 e. The van der Waals surface area contributed by atoms with Gasteiger partial charge in [0.25, 0.3) is 0 Å². The zero-order valence-electron chi connectivity index (χ0n) is 13.5. The quantitative estimate of drug-likeness (QED) is 0.850. The van der Waals surface area contributed by atoms with E-state index in [2.05, 4.69) is 46.4 Å². The monoisotopic (exact) mass is 299 g/mol. The third-order valence-electron chi connectivity index (χ3n) is 4.55. The first kappa shape index (κ1) is 15.3. The fourth-order valence-corrected chi connectivity index (χ4v) is 3.43. The van der Waals surface area contributed by atoms with Gasteiger partial charge in [-0.05, 0) is 31.4 Å². The Morgan fingerprint density at radius 2 is 2.09 bits per heavy atom. The molecule has 0 N–H and O–H groups in total. The number of likely N-dealkylation sites (tertiary alicyclic amines) is 1. The average molecular weight is 299 g/mol. The lowest BCUT2D eigenvalue weighted by Crippen LogP contribution is -2.49. The third kappa shape index (κ3) is 3.57. The molecule has 0 radical (unpaired) electrons. The molecule has 2 heterocycles. The lowest BCUT2D eigenvalue weighted by Gasteiger charge is -2.40. The van der Waals surface area contributed by atoms with Gasteiger partial charge >= 0.3 is 0 Å². The minimum absolute atomic E-state index is 0.303. The number of nitrogens with zero attached hydrogens (tertiary/aromatic N) is 3. The van der Waals surface area contributed by atoms with Gasteiger partial charge in [-0.2, -0.15) is 0 Å². The van der Waals surface area contributed by atoms with Gasteiger partial charge in [0.2, 0.25) is 0 Å². The molecule has 1 aliphatic heterocycles. The lowest BCUT2D eigenvalue weighted by atomic mass is 9.92. The Morgan fingerprint density at radius 3 is 2.77 bits per heavy atom. The highest BCUT2D eigenvalue weighted by molar-refractivity contribution is 5.17. The van der Waals surface area contributed by atoms with Gasteiger partial charge in [-0.25, -0.2) is 4.98 Å². The number of benzene rings is 1. The van der Waals surface area contributed by atoms with Crippen molar-refractivity contribution in [2.75, 3.05) is 13.7 Å². The molecule has 4 heteroatoms. The minimum Gasteiger partial charge on any atom is -0.380 e. The molecular formula is C18H25N3O. The molecule has 2 aromatic rings. The highest BCUT2D eigenvalue weighted by atomic mass is 16.5. The van der Waals surface area contributed by atoms with Gasteiger partial charge in [0.15, 0.2) is 0 Å². The van der Waals surface area contributed by atoms with Gasteiger partial charge in [-0.1, -0.05) is 30.3 Å². The standard InChI is InChI=1S/C18H25N3O/c1-20-12-16(19-14-20)13-21-10-6-9-18(22-2)17(21)11-15-7-4-3-5-8-15/h3-5,7-8,12,14,17-18H,6,9-11,13H2,1-2H3/t17-,18-/m0/s1. The van der Waals surface area contributed by atoms with Crippen LogP contribution in [0.1, 0.15) is 24.1 Å². The van der Waals surface area contributed by atoms with Crippen molar-refractivity contribution < 1.29 is 4.74 Å². The van der Waals surface area contributed by atoms with E-state index < -0.39 is 0 Å². The van der Waals surface area contributed by atoms with Crippen LogP contribution in [0.4, 0.5) is 0 Å². The van der Waals surface area contributed by atoms with Gasteiger partial charge in [-0.15, -0.1) is 0 Å². The predicted octanol–water partition coefficient (Wildman–Crippen LogP) is 2.64. The molecule has 0 unspecified atom stereocenters. The third-order valence-corrected chi connectivity index (χ3v) is 4.55. The summed E-state index contributed by atoms with van der Waals surface area (Å²) in [6, 6.07) is 11.1. The number of aryl methyl sites for hydroxylation is 1. The second-order valence-corrected chi connectivity index (χ2v) is 6.17. The van der Waals surface area contributed by atoms with Crippen LogP contribution in [0.5, 0.6) is 0 Å². The summed E-state index contributed by atoms with van der Waals surface area (Å²) in [6.45, 7) is 2.02. The number of aromatic nitrogens is 2. The van der Waals surface area contributed by atoms with Crippen LogP contribution < -0.4 is 0 Å².